The number of ether oxygens (including phenoxy) is 1. The predicted molar refractivity (Wildman–Crippen MR) is 138 cm³/mol. The summed E-state index contributed by atoms with van der Waals surface area (Å²) < 4.78 is 35.9. The third-order valence-corrected chi connectivity index (χ3v) is 9.34. The zero-order valence-electron chi connectivity index (χ0n) is 20.7. The van der Waals surface area contributed by atoms with Crippen molar-refractivity contribution in [3.8, 4) is 5.75 Å². The molecule has 190 valence electrons. The van der Waals surface area contributed by atoms with Crippen molar-refractivity contribution in [1.29, 1.82) is 0 Å². The molecule has 0 atom stereocenters. The summed E-state index contributed by atoms with van der Waals surface area (Å²) in [5, 5.41) is 3.14. The lowest BCUT2D eigenvalue weighted by molar-refractivity contribution is 0.0932. The van der Waals surface area contributed by atoms with Crippen molar-refractivity contribution in [3.05, 3.63) is 65.7 Å². The number of hydrogen-bond acceptors (Lipinski definition) is 4. The first kappa shape index (κ1) is 25.7. The molecule has 1 aliphatic heterocycles. The zero-order chi connectivity index (χ0) is 24.9. The van der Waals surface area contributed by atoms with E-state index in [0.717, 1.165) is 38.5 Å². The molecule has 0 aromatic heterocycles. The second-order valence-electron chi connectivity index (χ2n) is 10.0. The molecule has 2 fully saturated rings. The first-order chi connectivity index (χ1) is 16.8. The predicted octanol–water partition coefficient (Wildman–Crippen LogP) is 3.87. The van der Waals surface area contributed by atoms with Crippen LogP contribution in [0.2, 0.25) is 0 Å². The minimum atomic E-state index is -3.48. The molecule has 8 heteroatoms. The minimum absolute atomic E-state index is 0.0962. The number of rotatable bonds is 8. The molecule has 1 amide bonds. The largest absolute Gasteiger partial charge is 0.496 e. The molecule has 2 N–H and O–H groups in total. The van der Waals surface area contributed by atoms with Gasteiger partial charge in [0, 0.05) is 31.1 Å². The van der Waals surface area contributed by atoms with Gasteiger partial charge in [-0.15, -0.1) is 0 Å². The lowest BCUT2D eigenvalue weighted by Crippen LogP contribution is -2.51. The van der Waals surface area contributed by atoms with Gasteiger partial charge in [0.15, 0.2) is 0 Å². The van der Waals surface area contributed by atoms with Crippen LogP contribution in [0.1, 0.15) is 61.4 Å². The Morgan fingerprint density at radius 3 is 2.29 bits per heavy atom. The fraction of sp³-hybridized carbons (Fsp3) is 0.519. The van der Waals surface area contributed by atoms with Crippen molar-refractivity contribution in [1.82, 2.24) is 14.3 Å². The Morgan fingerprint density at radius 1 is 1.00 bits per heavy atom. The van der Waals surface area contributed by atoms with Crippen molar-refractivity contribution in [2.24, 2.45) is 5.92 Å². The van der Waals surface area contributed by atoms with Crippen molar-refractivity contribution in [3.63, 3.8) is 0 Å². The molecule has 0 radical (unpaired) electrons. The number of nitrogens with one attached hydrogen (secondary N) is 2. The SMILES string of the molecule is COc1ccccc1C(=O)NCC1(c2ccccc2)CCC(NS(=O)(=O)N2CCC(C)CC2)CC1. The molecule has 7 nitrogen and oxygen atoms in total. The summed E-state index contributed by atoms with van der Waals surface area (Å²) in [4.78, 5) is 13.0. The number of para-hydroxylation sites is 1. The van der Waals surface area contributed by atoms with Gasteiger partial charge in [0.25, 0.3) is 16.1 Å². The summed E-state index contributed by atoms with van der Waals surface area (Å²) >= 11 is 0. The minimum Gasteiger partial charge on any atom is -0.496 e. The van der Waals surface area contributed by atoms with E-state index in [1.54, 1.807) is 23.5 Å². The molecule has 0 spiro atoms. The number of carbonyl (C=O) groups is 1. The molecular weight excluding hydrogens is 462 g/mol. The van der Waals surface area contributed by atoms with E-state index >= 15 is 0 Å². The van der Waals surface area contributed by atoms with Crippen molar-refractivity contribution >= 4 is 16.1 Å². The van der Waals surface area contributed by atoms with Gasteiger partial charge in [-0.05, 0) is 62.1 Å². The Labute approximate surface area is 209 Å². The van der Waals surface area contributed by atoms with E-state index in [4.69, 9.17) is 4.74 Å². The normalized spacial score (nSPS) is 24.1. The molecule has 1 heterocycles. The summed E-state index contributed by atoms with van der Waals surface area (Å²) in [6, 6.07) is 17.3. The van der Waals surface area contributed by atoms with Gasteiger partial charge in [0.2, 0.25) is 0 Å². The number of carbonyl (C=O) groups excluding carboxylic acids is 1. The summed E-state index contributed by atoms with van der Waals surface area (Å²) in [6.45, 7) is 3.84. The number of piperidine rings is 1. The summed E-state index contributed by atoms with van der Waals surface area (Å²) in [5.74, 6) is 0.956. The Balaban J connectivity index is 1.44. The second-order valence-corrected chi connectivity index (χ2v) is 11.7. The van der Waals surface area contributed by atoms with Crippen LogP contribution in [0.25, 0.3) is 0 Å². The van der Waals surface area contributed by atoms with E-state index in [-0.39, 0.29) is 17.4 Å². The molecule has 2 aromatic rings. The van der Waals surface area contributed by atoms with Crippen LogP contribution < -0.4 is 14.8 Å². The van der Waals surface area contributed by atoms with Gasteiger partial charge in [-0.1, -0.05) is 49.4 Å². The van der Waals surface area contributed by atoms with Crippen LogP contribution in [0.4, 0.5) is 0 Å². The smallest absolute Gasteiger partial charge is 0.279 e. The number of nitrogens with zero attached hydrogens (tertiary/aromatic N) is 1. The fourth-order valence-corrected chi connectivity index (χ4v) is 6.83. The van der Waals surface area contributed by atoms with Gasteiger partial charge in [-0.3, -0.25) is 4.79 Å². The van der Waals surface area contributed by atoms with Gasteiger partial charge < -0.3 is 10.1 Å². The highest BCUT2D eigenvalue weighted by Crippen LogP contribution is 2.39. The maximum atomic E-state index is 13.0. The molecule has 1 aliphatic carbocycles. The maximum Gasteiger partial charge on any atom is 0.279 e. The quantitative estimate of drug-likeness (QED) is 0.577. The van der Waals surface area contributed by atoms with Crippen LogP contribution >= 0.6 is 0 Å². The van der Waals surface area contributed by atoms with E-state index in [1.165, 1.54) is 5.56 Å². The Hall–Kier alpha value is -2.42. The standard InChI is InChI=1S/C27H37N3O4S/c1-21-14-18-30(19-15-21)35(32,33)29-23-12-16-27(17-13-23,22-8-4-3-5-9-22)20-28-26(31)24-10-6-7-11-25(24)34-2/h3-11,21,23,29H,12-20H2,1-2H3,(H,28,31). The summed E-state index contributed by atoms with van der Waals surface area (Å²) in [5.41, 5.74) is 1.43. The Bertz CT molecular complexity index is 1090. The van der Waals surface area contributed by atoms with Crippen molar-refractivity contribution in [2.45, 2.75) is 56.9 Å². The highest BCUT2D eigenvalue weighted by Gasteiger charge is 2.39. The van der Waals surface area contributed by atoms with Crippen LogP contribution in [0.5, 0.6) is 5.75 Å². The van der Waals surface area contributed by atoms with Crippen molar-refractivity contribution < 1.29 is 17.9 Å². The number of methoxy groups -OCH3 is 1. The average Bonchev–Trinajstić information content (AvgIpc) is 2.89. The van der Waals surface area contributed by atoms with Gasteiger partial charge in [-0.25, -0.2) is 0 Å². The van der Waals surface area contributed by atoms with Crippen LogP contribution in [0.15, 0.2) is 54.6 Å². The number of amides is 1. The average molecular weight is 500 g/mol. The van der Waals surface area contributed by atoms with E-state index < -0.39 is 10.2 Å². The van der Waals surface area contributed by atoms with Crippen LogP contribution in [0, 0.1) is 5.92 Å². The van der Waals surface area contributed by atoms with Gasteiger partial charge in [-0.2, -0.15) is 17.4 Å². The highest BCUT2D eigenvalue weighted by atomic mass is 32.2. The number of hydrogen-bond donors (Lipinski definition) is 2. The molecule has 35 heavy (non-hydrogen) atoms. The molecule has 1 saturated carbocycles. The number of benzene rings is 2. The molecule has 0 bridgehead atoms. The fourth-order valence-electron chi connectivity index (χ4n) is 5.33. The van der Waals surface area contributed by atoms with Gasteiger partial charge in [0.05, 0.1) is 12.7 Å². The van der Waals surface area contributed by atoms with Gasteiger partial charge in [0.1, 0.15) is 5.75 Å². The summed E-state index contributed by atoms with van der Waals surface area (Å²) in [7, 11) is -1.92. The molecule has 2 aromatic carbocycles. The van der Waals surface area contributed by atoms with Crippen molar-refractivity contribution in [2.75, 3.05) is 26.7 Å². The third-order valence-electron chi connectivity index (χ3n) is 7.67. The van der Waals surface area contributed by atoms with Crippen LogP contribution in [-0.2, 0) is 15.6 Å². The molecule has 2 aliphatic rings. The van der Waals surface area contributed by atoms with Crippen LogP contribution in [-0.4, -0.2) is 51.4 Å². The molecular formula is C27H37N3O4S. The lowest BCUT2D eigenvalue weighted by atomic mass is 9.68. The van der Waals surface area contributed by atoms with Crippen LogP contribution in [0.3, 0.4) is 0 Å². The van der Waals surface area contributed by atoms with E-state index in [2.05, 4.69) is 29.1 Å². The first-order valence-electron chi connectivity index (χ1n) is 12.6. The Morgan fingerprint density at radius 2 is 1.63 bits per heavy atom. The third kappa shape index (κ3) is 6.05. The lowest BCUT2D eigenvalue weighted by Gasteiger charge is -2.41. The second kappa shape index (κ2) is 11.1. The topological polar surface area (TPSA) is 87.7 Å². The maximum absolute atomic E-state index is 13.0. The molecule has 4 rings (SSSR count). The zero-order valence-corrected chi connectivity index (χ0v) is 21.5. The van der Waals surface area contributed by atoms with E-state index in [1.807, 2.05) is 30.3 Å². The van der Waals surface area contributed by atoms with E-state index in [0.29, 0.717) is 36.9 Å². The summed E-state index contributed by atoms with van der Waals surface area (Å²) in [6.07, 6.45) is 4.84. The first-order valence-corrected chi connectivity index (χ1v) is 14.0. The highest BCUT2D eigenvalue weighted by molar-refractivity contribution is 7.87. The molecule has 1 saturated heterocycles. The Kier molecular flexibility index (Phi) is 8.14. The molecule has 0 unspecified atom stereocenters. The van der Waals surface area contributed by atoms with Gasteiger partial charge >= 0.3 is 0 Å². The monoisotopic (exact) mass is 499 g/mol. The van der Waals surface area contributed by atoms with E-state index in [9.17, 15) is 13.2 Å².